The number of Topliss-reactive ketones (excluding diaryl/α,β-unsaturated/α-hetero) is 1. The molecule has 1 amide bonds. The molecule has 31 heavy (non-hydrogen) atoms. The van der Waals surface area contributed by atoms with Crippen LogP contribution in [0.5, 0.6) is 0 Å². The third-order valence-electron chi connectivity index (χ3n) is 5.98. The minimum absolute atomic E-state index is 0.0322. The minimum atomic E-state index is -0.475. The van der Waals surface area contributed by atoms with Crippen LogP contribution >= 0.6 is 22.9 Å². The van der Waals surface area contributed by atoms with E-state index >= 15 is 0 Å². The van der Waals surface area contributed by atoms with Gasteiger partial charge in [0.1, 0.15) is 12.3 Å². The number of halogens is 1. The van der Waals surface area contributed by atoms with Gasteiger partial charge in [-0.05, 0) is 23.3 Å². The van der Waals surface area contributed by atoms with Crippen LogP contribution in [0.15, 0.2) is 24.3 Å². The molecule has 8 heteroatoms. The molecule has 1 aliphatic heterocycles. The van der Waals surface area contributed by atoms with E-state index in [1.54, 1.807) is 12.1 Å². The number of fused-ring (bicyclic) bond motifs is 1. The Kier molecular flexibility index (Phi) is 8.24. The van der Waals surface area contributed by atoms with Crippen LogP contribution < -0.4 is 5.73 Å². The lowest BCUT2D eigenvalue weighted by Crippen LogP contribution is -2.52. The van der Waals surface area contributed by atoms with Gasteiger partial charge in [-0.25, -0.2) is 0 Å². The molecule has 0 fully saturated rings. The zero-order chi connectivity index (χ0) is 22.4. The second-order valence-electron chi connectivity index (χ2n) is 8.26. The summed E-state index contributed by atoms with van der Waals surface area (Å²) in [6.45, 7) is 3.49. The molecule has 0 radical (unpaired) electrons. The fourth-order valence-corrected chi connectivity index (χ4v) is 6.13. The lowest BCUT2D eigenvalue weighted by molar-refractivity contribution is -0.942. The maximum Gasteiger partial charge on any atom is 0.250 e. The Morgan fingerprint density at radius 1 is 1.06 bits per heavy atom. The third-order valence-corrected chi connectivity index (χ3v) is 7.45. The molecule has 6 nitrogen and oxygen atoms in total. The van der Waals surface area contributed by atoms with Gasteiger partial charge in [-0.2, -0.15) is 0 Å². The van der Waals surface area contributed by atoms with Crippen LogP contribution in [0.4, 0.5) is 0 Å². The number of hydrogen-bond donors (Lipinski definition) is 3. The van der Waals surface area contributed by atoms with Crippen molar-refractivity contribution in [3.05, 3.63) is 55.7 Å². The number of thiophene rings is 1. The number of quaternary nitrogens is 1. The monoisotopic (exact) mass is 465 g/mol. The number of aliphatic hydroxyl groups is 2. The van der Waals surface area contributed by atoms with Crippen molar-refractivity contribution >= 4 is 34.6 Å². The molecule has 1 aliphatic rings. The predicted octanol–water partition coefficient (Wildman–Crippen LogP) is 2.49. The van der Waals surface area contributed by atoms with E-state index in [1.807, 2.05) is 12.1 Å². The average Bonchev–Trinajstić information content (AvgIpc) is 3.09. The van der Waals surface area contributed by atoms with Crippen LogP contribution in [0, 0.1) is 0 Å². The van der Waals surface area contributed by atoms with Crippen LogP contribution in [0.2, 0.25) is 5.02 Å². The van der Waals surface area contributed by atoms with E-state index in [4.69, 9.17) is 17.3 Å². The summed E-state index contributed by atoms with van der Waals surface area (Å²) < 4.78 is 0.783. The van der Waals surface area contributed by atoms with Crippen LogP contribution in [-0.2, 0) is 30.6 Å². The Labute approximate surface area is 191 Å². The second-order valence-corrected chi connectivity index (χ2v) is 9.89. The van der Waals surface area contributed by atoms with Crippen molar-refractivity contribution in [2.45, 2.75) is 38.6 Å². The molecule has 0 aliphatic carbocycles. The first kappa shape index (κ1) is 23.9. The van der Waals surface area contributed by atoms with E-state index in [9.17, 15) is 19.8 Å². The Hall–Kier alpha value is -1.77. The number of nitrogens with zero attached hydrogens (tertiary/aromatic N) is 1. The van der Waals surface area contributed by atoms with Gasteiger partial charge < -0.3 is 20.4 Å². The van der Waals surface area contributed by atoms with Crippen molar-refractivity contribution in [1.82, 2.24) is 0 Å². The topological polar surface area (TPSA) is 101 Å². The first-order chi connectivity index (χ1) is 14.9. The van der Waals surface area contributed by atoms with E-state index in [2.05, 4.69) is 0 Å². The van der Waals surface area contributed by atoms with Crippen LogP contribution in [-0.4, -0.2) is 59.2 Å². The van der Waals surface area contributed by atoms with E-state index in [1.165, 1.54) is 11.3 Å². The van der Waals surface area contributed by atoms with Gasteiger partial charge in [0.15, 0.2) is 0 Å². The molecule has 2 heterocycles. The summed E-state index contributed by atoms with van der Waals surface area (Å²) in [7, 11) is 0. The molecule has 1 aromatic heterocycles. The van der Waals surface area contributed by atoms with Crippen LogP contribution in [0.1, 0.15) is 44.1 Å². The molecule has 168 valence electrons. The minimum Gasteiger partial charge on any atom is -0.396 e. The highest BCUT2D eigenvalue weighted by molar-refractivity contribution is 7.12. The molecule has 0 spiro atoms. The quantitative estimate of drug-likeness (QED) is 0.444. The number of ketones is 1. The van der Waals surface area contributed by atoms with Gasteiger partial charge in [0, 0.05) is 55.2 Å². The number of primary amides is 1. The van der Waals surface area contributed by atoms with Gasteiger partial charge >= 0.3 is 0 Å². The summed E-state index contributed by atoms with van der Waals surface area (Å²) in [5.74, 6) is -0.442. The third kappa shape index (κ3) is 5.93. The lowest BCUT2D eigenvalue weighted by atomic mass is 9.96. The van der Waals surface area contributed by atoms with Gasteiger partial charge in [0.2, 0.25) is 5.91 Å². The van der Waals surface area contributed by atoms with Crippen molar-refractivity contribution in [3.63, 3.8) is 0 Å². The van der Waals surface area contributed by atoms with Gasteiger partial charge in [0.05, 0.1) is 30.1 Å². The fraction of sp³-hybridized carbons (Fsp3) is 0.478. The van der Waals surface area contributed by atoms with Gasteiger partial charge in [0.25, 0.3) is 0 Å². The summed E-state index contributed by atoms with van der Waals surface area (Å²) in [6.07, 6.45) is 2.58. The van der Waals surface area contributed by atoms with Crippen molar-refractivity contribution < 1.29 is 24.3 Å². The van der Waals surface area contributed by atoms with Crippen molar-refractivity contribution in [3.8, 4) is 0 Å². The summed E-state index contributed by atoms with van der Waals surface area (Å²) in [5, 5.41) is 19.3. The number of aliphatic hydroxyl groups excluding tert-OH is 2. The lowest BCUT2D eigenvalue weighted by Gasteiger charge is -2.41. The number of amides is 1. The van der Waals surface area contributed by atoms with E-state index in [0.29, 0.717) is 29.8 Å². The molecule has 2 aromatic rings. The molecule has 0 saturated carbocycles. The summed E-state index contributed by atoms with van der Waals surface area (Å²) in [6, 6.07) is 7.20. The van der Waals surface area contributed by atoms with Gasteiger partial charge in [-0.3, -0.25) is 9.59 Å². The number of benzene rings is 1. The number of hydrogen-bond acceptors (Lipinski definition) is 5. The van der Waals surface area contributed by atoms with E-state index in [-0.39, 0.29) is 31.8 Å². The molecule has 0 unspecified atom stereocenters. The smallest absolute Gasteiger partial charge is 0.250 e. The normalized spacial score (nSPS) is 14.9. The molecular formula is C23H30ClN2O4S+. The Balaban J connectivity index is 1.81. The van der Waals surface area contributed by atoms with Crippen LogP contribution in [0.25, 0.3) is 0 Å². The highest BCUT2D eigenvalue weighted by Crippen LogP contribution is 2.37. The molecule has 1 aromatic carbocycles. The number of rotatable bonds is 11. The number of carbonyl (C=O) groups is 2. The molecule has 0 saturated heterocycles. The van der Waals surface area contributed by atoms with Crippen molar-refractivity contribution in [1.29, 1.82) is 0 Å². The van der Waals surface area contributed by atoms with E-state index in [0.717, 1.165) is 51.5 Å². The summed E-state index contributed by atoms with van der Waals surface area (Å²) in [4.78, 5) is 26.8. The highest BCUT2D eigenvalue weighted by Gasteiger charge is 2.36. The van der Waals surface area contributed by atoms with E-state index < -0.39 is 5.91 Å². The molecule has 0 atom stereocenters. The molecule has 3 rings (SSSR count). The van der Waals surface area contributed by atoms with Crippen LogP contribution in [0.3, 0.4) is 0 Å². The zero-order valence-corrected chi connectivity index (χ0v) is 19.2. The molecule has 4 N–H and O–H groups in total. The Bertz CT molecular complexity index is 918. The Morgan fingerprint density at radius 3 is 2.29 bits per heavy atom. The number of carbonyl (C=O) groups excluding carboxylic acids is 2. The first-order valence-corrected chi connectivity index (χ1v) is 11.8. The van der Waals surface area contributed by atoms with Gasteiger partial charge in [-0.15, -0.1) is 11.3 Å². The fourth-order valence-electron chi connectivity index (χ4n) is 4.48. The first-order valence-electron chi connectivity index (χ1n) is 10.6. The predicted molar refractivity (Wildman–Crippen MR) is 122 cm³/mol. The largest absolute Gasteiger partial charge is 0.396 e. The summed E-state index contributed by atoms with van der Waals surface area (Å²) >= 11 is 7.43. The zero-order valence-electron chi connectivity index (χ0n) is 17.6. The molecular weight excluding hydrogens is 436 g/mol. The molecule has 0 bridgehead atoms. The highest BCUT2D eigenvalue weighted by atomic mass is 35.5. The van der Waals surface area contributed by atoms with Gasteiger partial charge in [-0.1, -0.05) is 23.7 Å². The van der Waals surface area contributed by atoms with Crippen molar-refractivity contribution in [2.75, 3.05) is 32.8 Å². The second kappa shape index (κ2) is 10.7. The standard InChI is InChI=1S/C23H29ClN2O4S/c24-17-5-3-16(4-6-17)13-18(29)14-20-22(23(25)30)19-7-10-26(8-1-11-27,9-2-12-28)15-21(19)31-20/h3-6,27-28H,1-2,7-15H2,(H-,25,30)/p+1. The summed E-state index contributed by atoms with van der Waals surface area (Å²) in [5.41, 5.74) is 8.12. The Morgan fingerprint density at radius 2 is 1.71 bits per heavy atom. The van der Waals surface area contributed by atoms with Crippen molar-refractivity contribution in [2.24, 2.45) is 5.73 Å². The maximum absolute atomic E-state index is 12.7. The average molecular weight is 466 g/mol. The maximum atomic E-state index is 12.7. The SMILES string of the molecule is NC(=O)c1c(CC(=O)Cc2ccc(Cl)cc2)sc2c1CC[N+](CCCO)(CCCO)C2. The number of nitrogens with two attached hydrogens (primary N) is 1.